The summed E-state index contributed by atoms with van der Waals surface area (Å²) in [6.07, 6.45) is 0.631. The van der Waals surface area contributed by atoms with E-state index in [1.807, 2.05) is 6.92 Å². The van der Waals surface area contributed by atoms with Gasteiger partial charge >= 0.3 is 0 Å². The molecule has 5 nitrogen and oxygen atoms in total. The van der Waals surface area contributed by atoms with Crippen molar-refractivity contribution in [3.05, 3.63) is 98.8 Å². The first kappa shape index (κ1) is 22.4. The van der Waals surface area contributed by atoms with E-state index in [0.717, 1.165) is 10.5 Å². The zero-order chi connectivity index (χ0) is 24.1. The Morgan fingerprint density at radius 1 is 1.06 bits per heavy atom. The van der Waals surface area contributed by atoms with Crippen molar-refractivity contribution >= 4 is 46.3 Å². The molecule has 0 bridgehead atoms. The summed E-state index contributed by atoms with van der Waals surface area (Å²) in [4.78, 5) is 27.5. The van der Waals surface area contributed by atoms with Crippen molar-refractivity contribution < 1.29 is 23.8 Å². The lowest BCUT2D eigenvalue weighted by atomic mass is 9.94. The van der Waals surface area contributed by atoms with Gasteiger partial charge in [0.25, 0.3) is 11.7 Å². The van der Waals surface area contributed by atoms with Gasteiger partial charge in [-0.15, -0.1) is 0 Å². The summed E-state index contributed by atoms with van der Waals surface area (Å²) in [6, 6.07) is 14.0. The van der Waals surface area contributed by atoms with E-state index < -0.39 is 29.3 Å². The first-order valence-corrected chi connectivity index (χ1v) is 11.3. The van der Waals surface area contributed by atoms with E-state index in [1.54, 1.807) is 24.3 Å². The van der Waals surface area contributed by atoms with E-state index in [2.05, 4.69) is 0 Å². The maximum Gasteiger partial charge on any atom is 0.300 e. The number of halogens is 3. The van der Waals surface area contributed by atoms with Crippen LogP contribution in [0.2, 0.25) is 10.0 Å². The summed E-state index contributed by atoms with van der Waals surface area (Å²) in [5.74, 6) is -2.19. The van der Waals surface area contributed by atoms with Gasteiger partial charge < -0.3 is 9.84 Å². The van der Waals surface area contributed by atoms with Gasteiger partial charge in [-0.25, -0.2) is 4.39 Å². The van der Waals surface area contributed by atoms with Crippen LogP contribution in [0, 0.1) is 5.82 Å². The van der Waals surface area contributed by atoms with Gasteiger partial charge in [-0.2, -0.15) is 0 Å². The molecule has 2 atom stereocenters. The van der Waals surface area contributed by atoms with Crippen LogP contribution in [0.15, 0.2) is 66.2 Å². The molecule has 172 valence electrons. The highest BCUT2D eigenvalue weighted by Crippen LogP contribution is 2.44. The topological polar surface area (TPSA) is 66.8 Å². The number of amides is 1. The highest BCUT2D eigenvalue weighted by atomic mass is 35.5. The number of ether oxygens (including phenoxy) is 1. The molecule has 3 aromatic carbocycles. The number of anilines is 1. The standard InChI is InChI=1S/C26H18Cl2FNO4/c1-13-8-15-9-14(6-7-21(15)34-13)24(31)22-23(19-4-2-3-5-20(19)29)30(26(33)25(22)32)18-11-16(27)10-17(28)12-18/h2-7,9-13,23,31H,8H2,1H3/b24-22+. The van der Waals surface area contributed by atoms with Crippen LogP contribution in [0.25, 0.3) is 5.76 Å². The number of rotatable bonds is 3. The van der Waals surface area contributed by atoms with Crippen LogP contribution in [0.3, 0.4) is 0 Å². The van der Waals surface area contributed by atoms with Gasteiger partial charge in [-0.1, -0.05) is 41.4 Å². The van der Waals surface area contributed by atoms with Crippen molar-refractivity contribution in [2.75, 3.05) is 4.90 Å². The monoisotopic (exact) mass is 497 g/mol. The van der Waals surface area contributed by atoms with Crippen LogP contribution in [-0.2, 0) is 16.0 Å². The van der Waals surface area contributed by atoms with Crippen LogP contribution in [0.4, 0.5) is 10.1 Å². The Hall–Kier alpha value is -3.35. The van der Waals surface area contributed by atoms with Gasteiger partial charge in [0, 0.05) is 33.3 Å². The molecule has 3 aromatic rings. The molecular weight excluding hydrogens is 480 g/mol. The number of carbonyl (C=O) groups excluding carboxylic acids is 2. The molecular formula is C26H18Cl2FNO4. The molecule has 0 radical (unpaired) electrons. The molecule has 0 aliphatic carbocycles. The molecule has 2 aliphatic rings. The van der Waals surface area contributed by atoms with Gasteiger partial charge in [0.15, 0.2) is 0 Å². The molecule has 1 amide bonds. The van der Waals surface area contributed by atoms with Crippen molar-refractivity contribution in [3.8, 4) is 5.75 Å². The average Bonchev–Trinajstić information content (AvgIpc) is 3.28. The molecule has 0 saturated carbocycles. The Kier molecular flexibility index (Phi) is 5.58. The second kappa shape index (κ2) is 8.46. The first-order valence-electron chi connectivity index (χ1n) is 10.6. The Morgan fingerprint density at radius 2 is 1.76 bits per heavy atom. The molecule has 1 N–H and O–H groups in total. The highest BCUT2D eigenvalue weighted by Gasteiger charge is 2.48. The number of Topliss-reactive ketones (excluding diaryl/α,β-unsaturated/α-hetero) is 1. The second-order valence-electron chi connectivity index (χ2n) is 8.27. The van der Waals surface area contributed by atoms with Gasteiger partial charge in [-0.05, 0) is 55.0 Å². The number of carbonyl (C=O) groups is 2. The van der Waals surface area contributed by atoms with Crippen LogP contribution < -0.4 is 9.64 Å². The minimum absolute atomic E-state index is 0.0102. The third kappa shape index (κ3) is 3.73. The summed E-state index contributed by atoms with van der Waals surface area (Å²) >= 11 is 12.3. The fourth-order valence-electron chi connectivity index (χ4n) is 4.49. The smallest absolute Gasteiger partial charge is 0.300 e. The number of hydrogen-bond acceptors (Lipinski definition) is 4. The molecule has 0 spiro atoms. The Balaban J connectivity index is 1.73. The quantitative estimate of drug-likeness (QED) is 0.270. The average molecular weight is 498 g/mol. The zero-order valence-corrected chi connectivity index (χ0v) is 19.4. The summed E-state index contributed by atoms with van der Waals surface area (Å²) in [6.45, 7) is 1.93. The molecule has 8 heteroatoms. The van der Waals surface area contributed by atoms with Gasteiger partial charge in [0.2, 0.25) is 0 Å². The summed E-state index contributed by atoms with van der Waals surface area (Å²) < 4.78 is 20.7. The van der Waals surface area contributed by atoms with Crippen LogP contribution >= 0.6 is 23.2 Å². The molecule has 5 rings (SSSR count). The van der Waals surface area contributed by atoms with E-state index in [9.17, 15) is 19.1 Å². The van der Waals surface area contributed by atoms with E-state index in [-0.39, 0.29) is 33.0 Å². The highest BCUT2D eigenvalue weighted by molar-refractivity contribution is 6.52. The van der Waals surface area contributed by atoms with Crippen LogP contribution in [0.1, 0.15) is 29.7 Å². The molecule has 2 aliphatic heterocycles. The number of nitrogens with zero attached hydrogens (tertiary/aromatic N) is 1. The summed E-state index contributed by atoms with van der Waals surface area (Å²) in [5, 5.41) is 11.7. The number of aliphatic hydroxyl groups is 1. The fourth-order valence-corrected chi connectivity index (χ4v) is 5.01. The minimum Gasteiger partial charge on any atom is -0.507 e. The van der Waals surface area contributed by atoms with Gasteiger partial charge in [0.1, 0.15) is 23.4 Å². The lowest BCUT2D eigenvalue weighted by Gasteiger charge is -2.26. The summed E-state index contributed by atoms with van der Waals surface area (Å²) in [5.41, 5.74) is 1.24. The van der Waals surface area contributed by atoms with Crippen molar-refractivity contribution in [3.63, 3.8) is 0 Å². The molecule has 1 fully saturated rings. The predicted octanol–water partition coefficient (Wildman–Crippen LogP) is 6.08. The zero-order valence-electron chi connectivity index (χ0n) is 17.9. The minimum atomic E-state index is -1.22. The lowest BCUT2D eigenvalue weighted by molar-refractivity contribution is -0.132. The molecule has 34 heavy (non-hydrogen) atoms. The second-order valence-corrected chi connectivity index (χ2v) is 9.15. The Bertz CT molecular complexity index is 1370. The maximum absolute atomic E-state index is 15.0. The van der Waals surface area contributed by atoms with E-state index in [4.69, 9.17) is 27.9 Å². The third-order valence-corrected chi connectivity index (χ3v) is 6.38. The normalized spacial score (nSPS) is 21.0. The van der Waals surface area contributed by atoms with E-state index in [0.29, 0.717) is 17.7 Å². The number of fused-ring (bicyclic) bond motifs is 1. The lowest BCUT2D eigenvalue weighted by Crippen LogP contribution is -2.29. The number of ketones is 1. The number of aliphatic hydroxyl groups excluding tert-OH is 1. The van der Waals surface area contributed by atoms with E-state index in [1.165, 1.54) is 36.4 Å². The van der Waals surface area contributed by atoms with Crippen molar-refractivity contribution in [2.45, 2.75) is 25.5 Å². The van der Waals surface area contributed by atoms with Crippen molar-refractivity contribution in [2.24, 2.45) is 0 Å². The van der Waals surface area contributed by atoms with Crippen molar-refractivity contribution in [1.82, 2.24) is 0 Å². The number of benzene rings is 3. The first-order chi connectivity index (χ1) is 16.2. The molecule has 2 heterocycles. The van der Waals surface area contributed by atoms with Gasteiger partial charge in [0.05, 0.1) is 11.6 Å². The number of hydrogen-bond donors (Lipinski definition) is 1. The SMILES string of the molecule is CC1Cc2cc(/C(O)=C3\C(=O)C(=O)N(c4cc(Cl)cc(Cl)c4)C3c3ccccc3F)ccc2O1. The summed E-state index contributed by atoms with van der Waals surface area (Å²) in [7, 11) is 0. The molecule has 2 unspecified atom stereocenters. The largest absolute Gasteiger partial charge is 0.507 e. The van der Waals surface area contributed by atoms with Crippen LogP contribution in [0.5, 0.6) is 5.75 Å². The van der Waals surface area contributed by atoms with Crippen molar-refractivity contribution in [1.29, 1.82) is 0 Å². The Labute approximate surface area is 205 Å². The Morgan fingerprint density at radius 3 is 2.47 bits per heavy atom. The fraction of sp³-hybridized carbons (Fsp3) is 0.154. The third-order valence-electron chi connectivity index (χ3n) is 5.94. The molecule has 1 saturated heterocycles. The van der Waals surface area contributed by atoms with Gasteiger partial charge in [-0.3, -0.25) is 14.5 Å². The molecule has 0 aromatic heterocycles. The predicted molar refractivity (Wildman–Crippen MR) is 128 cm³/mol. The van der Waals surface area contributed by atoms with Crippen LogP contribution in [-0.4, -0.2) is 22.9 Å². The maximum atomic E-state index is 15.0. The van der Waals surface area contributed by atoms with E-state index >= 15 is 0 Å².